The maximum atomic E-state index is 13.1. The molecule has 0 aliphatic carbocycles. The second-order valence-electron chi connectivity index (χ2n) is 20.6. The van der Waals surface area contributed by atoms with Crippen molar-refractivity contribution in [3.05, 3.63) is 83.4 Å². The average Bonchev–Trinajstić information content (AvgIpc) is 3.09. The molecule has 0 saturated heterocycles. The van der Waals surface area contributed by atoms with E-state index in [0.717, 1.165) is 56.7 Å². The van der Waals surface area contributed by atoms with Crippen LogP contribution in [0, 0.1) is 0 Å². The van der Waals surface area contributed by atoms with E-state index < -0.39 is 35.8 Å². The number of carbonyl (C=O) groups excluding carboxylic acids is 4. The summed E-state index contributed by atoms with van der Waals surface area (Å²) in [4.78, 5) is 116. The number of rotatable bonds is 39. The minimum atomic E-state index is -1.28. The zero-order chi connectivity index (χ0) is 62.7. The number of benzene rings is 2. The highest BCUT2D eigenvalue weighted by atomic mass is 16.5. The van der Waals surface area contributed by atoms with Gasteiger partial charge in [0, 0.05) is 75.6 Å². The lowest BCUT2D eigenvalue weighted by Crippen LogP contribution is -2.41. The summed E-state index contributed by atoms with van der Waals surface area (Å²) in [5, 5.41) is 33.6. The zero-order valence-electron chi connectivity index (χ0n) is 49.4. The molecular formula is C57H80N20O10. The fourth-order valence-electron chi connectivity index (χ4n) is 9.00. The number of nitrogens with two attached hydrogens (primary N) is 4. The van der Waals surface area contributed by atoms with E-state index in [-0.39, 0.29) is 83.5 Å². The molecule has 15 N–H and O–H groups in total. The molecule has 2 atom stereocenters. The Morgan fingerprint density at radius 1 is 0.529 bits per heavy atom. The van der Waals surface area contributed by atoms with E-state index in [1.165, 1.54) is 0 Å². The van der Waals surface area contributed by atoms with E-state index >= 15 is 0 Å². The fourth-order valence-corrected chi connectivity index (χ4v) is 9.00. The molecule has 4 heterocycles. The van der Waals surface area contributed by atoms with Gasteiger partial charge in [-0.15, -0.1) is 0 Å². The lowest BCUT2D eigenvalue weighted by molar-refractivity contribution is -0.140. The molecule has 4 aromatic heterocycles. The lowest BCUT2D eigenvalue weighted by atomic mass is 10.1. The van der Waals surface area contributed by atoms with E-state index in [9.17, 15) is 39.0 Å². The van der Waals surface area contributed by atoms with Crippen LogP contribution < -0.4 is 59.3 Å². The summed E-state index contributed by atoms with van der Waals surface area (Å²) in [7, 11) is 5.52. The lowest BCUT2D eigenvalue weighted by Gasteiger charge is -2.22. The Kier molecular flexibility index (Phi) is 26.6. The topological polar surface area (TPSA) is 438 Å². The average molecular weight is 1210 g/mol. The maximum absolute atomic E-state index is 13.1. The standard InChI is InChI=1S/C57H80N20O10/c1-62-24-28-86-30-31-87-29-27-77(25-8-4-6-22-63-44(78)20-18-42(54(82)83)69-52(80)36-10-14-40(15-11-36)75(2)34-38-32-65-50-46(67-38)48(58)71-56(60)73-50)26-9-5-7-23-64-45(79)21-19-43(55(84)85)70-53(81)37-12-16-41(17-13-37)76(3)35-39-33-66-51-47(68-39)49(59)72-57(61)74-51/h10-17,32-33,42-43,62H,4-9,18-31,34-35H2,1-3H3,(H,63,78)(H,64,79)(H,69,80)(H,70,81)(H,82,83)(H,84,85)(H4,58,60,65,71,73)(H4,59,61,66,72,74)/t42-,43-/m0/s1. The number of hydrogen-bond donors (Lipinski definition) is 11. The second-order valence-corrected chi connectivity index (χ2v) is 20.6. The number of hydrogen-bond acceptors (Lipinski definition) is 24. The van der Waals surface area contributed by atoms with Crippen LogP contribution in [0.2, 0.25) is 0 Å². The third-order valence-corrected chi connectivity index (χ3v) is 13.8. The van der Waals surface area contributed by atoms with Gasteiger partial charge in [0.1, 0.15) is 12.1 Å². The molecule has 6 aromatic rings. The van der Waals surface area contributed by atoms with Crippen LogP contribution in [0.15, 0.2) is 60.9 Å². The molecule has 0 bridgehead atoms. The molecule has 87 heavy (non-hydrogen) atoms. The maximum Gasteiger partial charge on any atom is 0.326 e. The van der Waals surface area contributed by atoms with E-state index in [4.69, 9.17) is 32.4 Å². The third kappa shape index (κ3) is 22.3. The highest BCUT2D eigenvalue weighted by Crippen LogP contribution is 2.21. The van der Waals surface area contributed by atoms with Gasteiger partial charge >= 0.3 is 11.9 Å². The number of unbranched alkanes of at least 4 members (excludes halogenated alkanes) is 4. The van der Waals surface area contributed by atoms with Gasteiger partial charge in [-0.05, 0) is 107 Å². The Bertz CT molecular complexity index is 3030. The second kappa shape index (κ2) is 34.6. The fraction of sp³-hybridized carbons (Fsp3) is 0.474. The summed E-state index contributed by atoms with van der Waals surface area (Å²) >= 11 is 0. The number of carboxylic acid groups (broad SMARTS) is 2. The predicted octanol–water partition coefficient (Wildman–Crippen LogP) is 1.51. The van der Waals surface area contributed by atoms with Crippen LogP contribution in [0.4, 0.5) is 34.9 Å². The first-order chi connectivity index (χ1) is 41.9. The Morgan fingerprint density at radius 3 is 1.37 bits per heavy atom. The highest BCUT2D eigenvalue weighted by molar-refractivity contribution is 5.98. The van der Waals surface area contributed by atoms with Crippen molar-refractivity contribution in [2.45, 2.75) is 89.4 Å². The van der Waals surface area contributed by atoms with Gasteiger partial charge in [-0.25, -0.2) is 29.5 Å². The third-order valence-electron chi connectivity index (χ3n) is 13.8. The number of nitrogen functional groups attached to an aromatic ring is 4. The van der Waals surface area contributed by atoms with Crippen LogP contribution in [-0.4, -0.2) is 189 Å². The van der Waals surface area contributed by atoms with Crippen LogP contribution in [0.5, 0.6) is 0 Å². The molecule has 0 spiro atoms. The summed E-state index contributed by atoms with van der Waals surface area (Å²) in [6.45, 7) is 6.65. The molecule has 0 aliphatic rings. The van der Waals surface area contributed by atoms with Crippen molar-refractivity contribution in [3.63, 3.8) is 0 Å². The van der Waals surface area contributed by atoms with Gasteiger partial charge in [0.05, 0.1) is 63.3 Å². The molecule has 6 rings (SSSR count). The van der Waals surface area contributed by atoms with Gasteiger partial charge in [-0.3, -0.25) is 19.2 Å². The summed E-state index contributed by atoms with van der Waals surface area (Å²) in [6, 6.07) is 10.6. The molecular weight excluding hydrogens is 1120 g/mol. The Balaban J connectivity index is 0.844. The van der Waals surface area contributed by atoms with Crippen LogP contribution in [0.3, 0.4) is 0 Å². The van der Waals surface area contributed by atoms with Crippen molar-refractivity contribution in [1.82, 2.24) is 71.4 Å². The molecule has 30 heteroatoms. The number of fused-ring (bicyclic) bond motifs is 2. The number of likely N-dealkylation sites (N-methyl/N-ethyl adjacent to an activating group) is 1. The zero-order valence-corrected chi connectivity index (χ0v) is 49.4. The van der Waals surface area contributed by atoms with Crippen molar-refractivity contribution in [1.29, 1.82) is 0 Å². The number of anilines is 6. The van der Waals surface area contributed by atoms with Crippen molar-refractivity contribution < 1.29 is 48.5 Å². The molecule has 4 amide bonds. The van der Waals surface area contributed by atoms with E-state index in [1.54, 1.807) is 60.9 Å². The number of amides is 4. The Morgan fingerprint density at radius 2 is 0.954 bits per heavy atom. The highest BCUT2D eigenvalue weighted by Gasteiger charge is 2.24. The summed E-state index contributed by atoms with van der Waals surface area (Å²) in [5.41, 5.74) is 27.6. The molecule has 30 nitrogen and oxygen atoms in total. The van der Waals surface area contributed by atoms with Gasteiger partial charge in [0.25, 0.3) is 11.8 Å². The van der Waals surface area contributed by atoms with Gasteiger partial charge in [-0.2, -0.15) is 19.9 Å². The Labute approximate surface area is 503 Å². The minimum absolute atomic E-state index is 0.000617. The molecule has 468 valence electrons. The van der Waals surface area contributed by atoms with Gasteiger partial charge in [-0.1, -0.05) is 12.8 Å². The van der Waals surface area contributed by atoms with Crippen LogP contribution in [-0.2, 0) is 41.7 Å². The summed E-state index contributed by atoms with van der Waals surface area (Å²) < 4.78 is 11.4. The smallest absolute Gasteiger partial charge is 0.326 e. The van der Waals surface area contributed by atoms with Crippen molar-refractivity contribution >= 4 is 92.8 Å². The molecule has 0 radical (unpaired) electrons. The first-order valence-corrected chi connectivity index (χ1v) is 28.7. The summed E-state index contributed by atoms with van der Waals surface area (Å²) in [5.74, 6) is -4.09. The van der Waals surface area contributed by atoms with Gasteiger partial charge < -0.3 is 83.9 Å². The van der Waals surface area contributed by atoms with Gasteiger partial charge in [0.15, 0.2) is 34.0 Å². The molecule has 0 unspecified atom stereocenters. The monoisotopic (exact) mass is 1200 g/mol. The molecule has 0 saturated carbocycles. The Hall–Kier alpha value is -9.26. The van der Waals surface area contributed by atoms with E-state index in [1.807, 2.05) is 30.9 Å². The first-order valence-electron chi connectivity index (χ1n) is 28.7. The number of ether oxygens (including phenoxy) is 2. The molecule has 0 aliphatic heterocycles. The number of aromatic nitrogens is 8. The number of nitrogens with zero attached hydrogens (tertiary/aromatic N) is 11. The minimum Gasteiger partial charge on any atom is -0.480 e. The predicted molar refractivity (Wildman–Crippen MR) is 327 cm³/mol. The quantitative estimate of drug-likeness (QED) is 0.0244. The summed E-state index contributed by atoms with van der Waals surface area (Å²) in [6.07, 6.45) is 7.54. The first kappa shape index (κ1) is 66.9. The number of nitrogens with one attached hydrogen (secondary N) is 5. The number of carbonyl (C=O) groups is 6. The number of carboxylic acids is 2. The largest absolute Gasteiger partial charge is 0.480 e. The molecule has 2 aromatic carbocycles. The van der Waals surface area contributed by atoms with Crippen molar-refractivity contribution in [2.75, 3.05) is 120 Å². The normalized spacial score (nSPS) is 12.0. The van der Waals surface area contributed by atoms with Crippen LogP contribution >= 0.6 is 0 Å². The molecule has 0 fully saturated rings. The van der Waals surface area contributed by atoms with Crippen molar-refractivity contribution in [2.24, 2.45) is 0 Å². The van der Waals surface area contributed by atoms with Crippen LogP contribution in [0.1, 0.15) is 96.3 Å². The van der Waals surface area contributed by atoms with Crippen molar-refractivity contribution in [3.8, 4) is 0 Å². The van der Waals surface area contributed by atoms with Gasteiger partial charge in [0.2, 0.25) is 23.7 Å². The SMILES string of the molecule is CNCCOCCOCCN(CCCCCNC(=O)CC[C@H](NC(=O)c1ccc(N(C)Cc2cnc3nc(N)nc(N)c3n2)cc1)C(=O)O)CCCCCNC(=O)CC[C@H](NC(=O)c1ccc(N(C)Cc2cnc3nc(N)nc(N)c3n2)cc1)C(=O)O. The number of aliphatic carboxylic acids is 2. The van der Waals surface area contributed by atoms with E-state index in [2.05, 4.69) is 71.4 Å². The van der Waals surface area contributed by atoms with Crippen LogP contribution in [0.25, 0.3) is 22.3 Å². The van der Waals surface area contributed by atoms with E-state index in [0.29, 0.717) is 94.4 Å².